The molecule has 0 aromatic carbocycles. The second-order valence-electron chi connectivity index (χ2n) is 5.81. The summed E-state index contributed by atoms with van der Waals surface area (Å²) in [6.07, 6.45) is -0.797. The third-order valence-electron chi connectivity index (χ3n) is 2.71. The highest BCUT2D eigenvalue weighted by molar-refractivity contribution is 14.1. The number of nitrogens with one attached hydrogen (secondary N) is 1. The second-order valence-corrected chi connectivity index (χ2v) is 8.24. The van der Waals surface area contributed by atoms with Crippen LogP contribution in [0, 0.1) is 0 Å². The average molecular weight is 584 g/mol. The first-order valence-electron chi connectivity index (χ1n) is 7.11. The molecule has 0 bridgehead atoms. The summed E-state index contributed by atoms with van der Waals surface area (Å²) in [5.74, 6) is -2.10. The minimum absolute atomic E-state index is 0.672. The maximum absolute atomic E-state index is 12.7. The summed E-state index contributed by atoms with van der Waals surface area (Å²) < 4.78 is 12.2. The Morgan fingerprint density at radius 1 is 1.00 bits per heavy atom. The molecule has 9 nitrogen and oxygen atoms in total. The van der Waals surface area contributed by atoms with Gasteiger partial charge in [0, 0.05) is 0 Å². The van der Waals surface area contributed by atoms with Crippen molar-refractivity contribution in [1.82, 2.24) is 10.2 Å². The molecule has 0 saturated carbocycles. The number of carbonyl (C=O) groups is 4. The van der Waals surface area contributed by atoms with Crippen molar-refractivity contribution in [3.8, 4) is 0 Å². The topological polar surface area (TPSA) is 111 Å². The van der Waals surface area contributed by atoms with Crippen molar-refractivity contribution in [2.75, 3.05) is 14.2 Å². The fourth-order valence-electron chi connectivity index (χ4n) is 1.60. The predicted octanol–water partition coefficient (Wildman–Crippen LogP) is 1.60. The zero-order chi connectivity index (χ0) is 19.9. The first-order valence-corrected chi connectivity index (χ1v) is 9.60. The summed E-state index contributed by atoms with van der Waals surface area (Å²) in [7, 11) is 2.34. The van der Waals surface area contributed by atoms with E-state index < -0.39 is 43.7 Å². The number of nitrogens with zero attached hydrogens (tertiary/aromatic N) is 1. The van der Waals surface area contributed by atoms with Crippen molar-refractivity contribution < 1.29 is 33.4 Å². The number of halogens is 2. The van der Waals surface area contributed by atoms with Crippen LogP contribution in [-0.4, -0.2) is 62.8 Å². The maximum Gasteiger partial charge on any atom is 0.408 e. The molecule has 11 heteroatoms. The lowest BCUT2D eigenvalue weighted by molar-refractivity contribution is -0.157. The lowest BCUT2D eigenvalue weighted by Crippen LogP contribution is -2.56. The van der Waals surface area contributed by atoms with E-state index in [2.05, 4.69) is 14.8 Å². The third-order valence-corrected chi connectivity index (χ3v) is 4.67. The molecule has 0 rings (SSSR count). The van der Waals surface area contributed by atoms with Crippen LogP contribution in [0.4, 0.5) is 4.79 Å². The smallest absolute Gasteiger partial charge is 0.408 e. The minimum Gasteiger partial charge on any atom is -0.467 e. The fraction of sp³-hybridized carbons (Fsp3) is 0.714. The number of amides is 2. The van der Waals surface area contributed by atoms with Gasteiger partial charge in [0.25, 0.3) is 5.91 Å². The van der Waals surface area contributed by atoms with Crippen molar-refractivity contribution >= 4 is 69.1 Å². The number of esters is 2. The summed E-state index contributed by atoms with van der Waals surface area (Å²) in [6, 6.07) is -1.06. The van der Waals surface area contributed by atoms with Crippen LogP contribution < -0.4 is 5.32 Å². The van der Waals surface area contributed by atoms with Crippen molar-refractivity contribution in [2.45, 2.75) is 47.4 Å². The van der Waals surface area contributed by atoms with Crippen molar-refractivity contribution in [1.29, 1.82) is 0 Å². The molecule has 0 aliphatic rings. The molecule has 0 heterocycles. The van der Waals surface area contributed by atoms with Gasteiger partial charge in [0.2, 0.25) is 0 Å². The van der Waals surface area contributed by atoms with E-state index in [1.54, 1.807) is 66.0 Å². The Balaban J connectivity index is 5.36. The zero-order valence-electron chi connectivity index (χ0n) is 14.8. The molecule has 25 heavy (non-hydrogen) atoms. The van der Waals surface area contributed by atoms with E-state index >= 15 is 0 Å². The number of carbonyl (C=O) groups excluding carboxylic acids is 4. The molecule has 0 aliphatic heterocycles. The van der Waals surface area contributed by atoms with E-state index in [0.29, 0.717) is 0 Å². The molecule has 2 amide bonds. The number of methoxy groups -OCH3 is 2. The van der Waals surface area contributed by atoms with Crippen LogP contribution in [-0.2, 0) is 28.6 Å². The molecule has 3 unspecified atom stereocenters. The summed E-state index contributed by atoms with van der Waals surface area (Å²) in [6.45, 7) is 6.45. The normalized spacial score (nSPS) is 14.6. The number of rotatable bonds is 6. The van der Waals surface area contributed by atoms with Gasteiger partial charge in [0.1, 0.15) is 11.6 Å². The first kappa shape index (κ1) is 24.1. The molecule has 1 N–H and O–H groups in total. The van der Waals surface area contributed by atoms with Crippen LogP contribution in [0.15, 0.2) is 0 Å². The Morgan fingerprint density at radius 3 is 1.88 bits per heavy atom. The molecule has 144 valence electrons. The van der Waals surface area contributed by atoms with Crippen molar-refractivity contribution in [3.63, 3.8) is 0 Å². The zero-order valence-corrected chi connectivity index (χ0v) is 19.1. The van der Waals surface area contributed by atoms with E-state index in [1.165, 1.54) is 21.1 Å². The molecule has 3 atom stereocenters. The molecular formula is C14H22I2N2O7. The fourth-order valence-corrected chi connectivity index (χ4v) is 3.18. The molecule has 0 radical (unpaired) electrons. The Labute approximate surface area is 173 Å². The molecule has 0 saturated heterocycles. The lowest BCUT2D eigenvalue weighted by Gasteiger charge is -2.32. The largest absolute Gasteiger partial charge is 0.467 e. The van der Waals surface area contributed by atoms with Gasteiger partial charge in [-0.05, 0) is 72.9 Å². The van der Waals surface area contributed by atoms with Gasteiger partial charge in [-0.25, -0.2) is 14.4 Å². The highest BCUT2D eigenvalue weighted by atomic mass is 127. The molecular weight excluding hydrogens is 562 g/mol. The molecule has 0 spiro atoms. The van der Waals surface area contributed by atoms with Gasteiger partial charge in [-0.1, -0.05) is 0 Å². The number of hydrogen-bond donors (Lipinski definition) is 1. The summed E-state index contributed by atoms with van der Waals surface area (Å²) >= 11 is 3.35. The van der Waals surface area contributed by atoms with Gasteiger partial charge in [0.15, 0.2) is 8.10 Å². The van der Waals surface area contributed by atoms with Gasteiger partial charge in [-0.3, -0.25) is 4.79 Å². The highest BCUT2D eigenvalue weighted by Gasteiger charge is 2.39. The maximum atomic E-state index is 12.7. The standard InChI is InChI=1S/C14H22I2N2O7/c1-7(11(20)23-5)18(9(16)12(21)24-6)10(19)8(15)17-13(22)25-14(2,3)4/h7-9H,1-6H3,(H,17,22). The number of alkyl halides is 2. The Morgan fingerprint density at radius 2 is 1.48 bits per heavy atom. The van der Waals surface area contributed by atoms with Crippen LogP contribution in [0.2, 0.25) is 0 Å². The molecule has 0 aromatic rings. The summed E-state index contributed by atoms with van der Waals surface area (Å²) in [5.41, 5.74) is -0.736. The number of hydrogen-bond acceptors (Lipinski definition) is 7. The summed E-state index contributed by atoms with van der Waals surface area (Å²) in [4.78, 5) is 49.1. The minimum atomic E-state index is -1.08. The molecule has 0 fully saturated rings. The SMILES string of the molecule is COC(=O)C(C)N(C(=O)C(I)NC(=O)OC(C)(C)C)C(I)C(=O)OC. The first-order chi connectivity index (χ1) is 11.4. The average Bonchev–Trinajstić information content (AvgIpc) is 2.50. The van der Waals surface area contributed by atoms with E-state index in [9.17, 15) is 19.2 Å². The quantitative estimate of drug-likeness (QED) is 0.166. The van der Waals surface area contributed by atoms with Crippen LogP contribution in [0.25, 0.3) is 0 Å². The van der Waals surface area contributed by atoms with Crippen LogP contribution >= 0.6 is 45.2 Å². The van der Waals surface area contributed by atoms with Crippen LogP contribution in [0.3, 0.4) is 0 Å². The number of alkyl carbamates (subject to hydrolysis) is 1. The van der Waals surface area contributed by atoms with Crippen LogP contribution in [0.1, 0.15) is 27.7 Å². The Kier molecular flexibility index (Phi) is 9.97. The van der Waals surface area contributed by atoms with E-state index in [4.69, 9.17) is 4.74 Å². The van der Waals surface area contributed by atoms with Crippen molar-refractivity contribution in [3.05, 3.63) is 0 Å². The van der Waals surface area contributed by atoms with Crippen molar-refractivity contribution in [2.24, 2.45) is 0 Å². The monoisotopic (exact) mass is 584 g/mol. The van der Waals surface area contributed by atoms with Gasteiger partial charge in [-0.2, -0.15) is 0 Å². The molecule has 0 aliphatic carbocycles. The van der Waals surface area contributed by atoms with E-state index in [0.717, 1.165) is 4.90 Å². The molecule has 0 aromatic heterocycles. The van der Waals surface area contributed by atoms with Gasteiger partial charge < -0.3 is 24.4 Å². The second kappa shape index (κ2) is 10.3. The van der Waals surface area contributed by atoms with Gasteiger partial charge in [-0.15, -0.1) is 0 Å². The third kappa shape index (κ3) is 7.92. The Bertz CT molecular complexity index is 500. The van der Waals surface area contributed by atoms with Crippen LogP contribution in [0.5, 0.6) is 0 Å². The lowest BCUT2D eigenvalue weighted by atomic mass is 10.2. The van der Waals surface area contributed by atoms with E-state index in [1.807, 2.05) is 0 Å². The van der Waals surface area contributed by atoms with Gasteiger partial charge in [0.05, 0.1) is 14.2 Å². The predicted molar refractivity (Wildman–Crippen MR) is 105 cm³/mol. The Hall–Kier alpha value is -0.860. The van der Waals surface area contributed by atoms with E-state index in [-0.39, 0.29) is 0 Å². The van der Waals surface area contributed by atoms with Gasteiger partial charge >= 0.3 is 18.0 Å². The summed E-state index contributed by atoms with van der Waals surface area (Å²) in [5, 5.41) is 2.37. The number of ether oxygens (including phenoxy) is 3. The highest BCUT2D eigenvalue weighted by Crippen LogP contribution is 2.19.